The van der Waals surface area contributed by atoms with Gasteiger partial charge in [-0.25, -0.2) is 0 Å². The molecule has 2 saturated heterocycles. The molecule has 3 heterocycles. The van der Waals surface area contributed by atoms with Crippen molar-refractivity contribution in [3.63, 3.8) is 0 Å². The van der Waals surface area contributed by atoms with E-state index in [1.165, 1.54) is 4.31 Å². The molecule has 0 aromatic carbocycles. The van der Waals surface area contributed by atoms with Crippen molar-refractivity contribution in [1.82, 2.24) is 24.1 Å². The zero-order valence-electron chi connectivity index (χ0n) is 14.2. The number of piperidine rings is 1. The van der Waals surface area contributed by atoms with Gasteiger partial charge in [0.05, 0.1) is 19.8 Å². The number of nitrogens with zero attached hydrogens (tertiary/aromatic N) is 4. The lowest BCUT2D eigenvalue weighted by molar-refractivity contribution is -0.129. The average molecular weight is 373 g/mol. The molecule has 2 aliphatic heterocycles. The highest BCUT2D eigenvalue weighted by molar-refractivity contribution is 7.87. The Labute approximate surface area is 146 Å². The standard InChI is InChI=1S/C14H23N5O5S/c1-11(20)18-4-2-12(3-5-18)14-16-13(24-17-14)10-15-25(21,22)19-6-8-23-9-7-19/h12,15H,2-10H2,1H3. The number of carbonyl (C=O) groups excluding carboxylic acids is 1. The van der Waals surface area contributed by atoms with Gasteiger partial charge in [-0.3, -0.25) is 4.79 Å². The van der Waals surface area contributed by atoms with Gasteiger partial charge in [-0.15, -0.1) is 0 Å². The Balaban J connectivity index is 1.53. The zero-order valence-corrected chi connectivity index (χ0v) is 15.0. The Kier molecular flexibility index (Phi) is 5.67. The van der Waals surface area contributed by atoms with E-state index in [2.05, 4.69) is 14.9 Å². The lowest BCUT2D eigenvalue weighted by Crippen LogP contribution is -2.46. The van der Waals surface area contributed by atoms with Crippen LogP contribution >= 0.6 is 0 Å². The van der Waals surface area contributed by atoms with Crippen LogP contribution < -0.4 is 4.72 Å². The maximum atomic E-state index is 12.2. The minimum Gasteiger partial charge on any atom is -0.379 e. The second-order valence-corrected chi connectivity index (χ2v) is 7.92. The molecule has 0 unspecified atom stereocenters. The fourth-order valence-electron chi connectivity index (χ4n) is 2.99. The predicted octanol–water partition coefficient (Wildman–Crippen LogP) is -0.538. The first-order valence-corrected chi connectivity index (χ1v) is 9.80. The minimum atomic E-state index is -3.58. The molecule has 0 atom stereocenters. The third kappa shape index (κ3) is 4.54. The first kappa shape index (κ1) is 18.2. The van der Waals surface area contributed by atoms with Crippen molar-refractivity contribution >= 4 is 16.1 Å². The van der Waals surface area contributed by atoms with Crippen molar-refractivity contribution in [3.8, 4) is 0 Å². The van der Waals surface area contributed by atoms with Crippen molar-refractivity contribution in [1.29, 1.82) is 0 Å². The lowest BCUT2D eigenvalue weighted by atomic mass is 9.96. The maximum Gasteiger partial charge on any atom is 0.280 e. The normalized spacial score (nSPS) is 20.8. The van der Waals surface area contributed by atoms with Crippen LogP contribution in [-0.4, -0.2) is 73.1 Å². The van der Waals surface area contributed by atoms with Crippen LogP contribution in [0.1, 0.15) is 37.4 Å². The van der Waals surface area contributed by atoms with E-state index in [0.717, 1.165) is 12.8 Å². The summed E-state index contributed by atoms with van der Waals surface area (Å²) in [5.74, 6) is 1.01. The molecule has 0 saturated carbocycles. The Morgan fingerprint density at radius 3 is 2.56 bits per heavy atom. The summed E-state index contributed by atoms with van der Waals surface area (Å²) in [6, 6.07) is 0. The molecule has 0 radical (unpaired) electrons. The minimum absolute atomic E-state index is 0.0427. The largest absolute Gasteiger partial charge is 0.379 e. The molecule has 1 aromatic heterocycles. The summed E-state index contributed by atoms with van der Waals surface area (Å²) < 4.78 is 38.5. The fraction of sp³-hybridized carbons (Fsp3) is 0.786. The van der Waals surface area contributed by atoms with Gasteiger partial charge in [-0.05, 0) is 12.8 Å². The highest BCUT2D eigenvalue weighted by atomic mass is 32.2. The molecule has 0 aliphatic carbocycles. The van der Waals surface area contributed by atoms with Crippen LogP contribution in [0, 0.1) is 0 Å². The molecule has 140 valence electrons. The number of hydrogen-bond donors (Lipinski definition) is 1. The highest BCUT2D eigenvalue weighted by Gasteiger charge is 2.27. The number of ether oxygens (including phenoxy) is 1. The summed E-state index contributed by atoms with van der Waals surface area (Å²) in [6.07, 6.45) is 1.55. The van der Waals surface area contributed by atoms with Crippen molar-refractivity contribution in [2.75, 3.05) is 39.4 Å². The topological polar surface area (TPSA) is 118 Å². The summed E-state index contributed by atoms with van der Waals surface area (Å²) in [4.78, 5) is 17.5. The van der Waals surface area contributed by atoms with Crippen LogP contribution in [0.2, 0.25) is 0 Å². The van der Waals surface area contributed by atoms with Crippen molar-refractivity contribution in [2.45, 2.75) is 32.2 Å². The van der Waals surface area contributed by atoms with Gasteiger partial charge in [0.2, 0.25) is 11.8 Å². The third-order valence-corrected chi connectivity index (χ3v) is 6.06. The van der Waals surface area contributed by atoms with Crippen LogP contribution in [0.25, 0.3) is 0 Å². The molecule has 2 fully saturated rings. The van der Waals surface area contributed by atoms with Gasteiger partial charge in [0, 0.05) is 39.0 Å². The Morgan fingerprint density at radius 1 is 1.24 bits per heavy atom. The van der Waals surface area contributed by atoms with Crippen LogP contribution in [0.15, 0.2) is 4.52 Å². The van der Waals surface area contributed by atoms with Crippen LogP contribution in [0.3, 0.4) is 0 Å². The van der Waals surface area contributed by atoms with Crippen molar-refractivity contribution < 1.29 is 22.5 Å². The Bertz CT molecular complexity index is 692. The molecule has 11 heteroatoms. The molecule has 1 N–H and O–H groups in total. The first-order valence-electron chi connectivity index (χ1n) is 8.36. The molecular formula is C14H23N5O5S. The summed E-state index contributed by atoms with van der Waals surface area (Å²) in [6.45, 7) is 4.32. The van der Waals surface area contributed by atoms with E-state index in [1.807, 2.05) is 0 Å². The van der Waals surface area contributed by atoms with Gasteiger partial charge in [-0.1, -0.05) is 5.16 Å². The first-order chi connectivity index (χ1) is 12.0. The van der Waals surface area contributed by atoms with Gasteiger partial charge in [0.1, 0.15) is 0 Å². The number of aromatic nitrogens is 2. The number of rotatable bonds is 5. The van der Waals surface area contributed by atoms with E-state index < -0.39 is 10.2 Å². The van der Waals surface area contributed by atoms with Crippen molar-refractivity contribution in [3.05, 3.63) is 11.7 Å². The average Bonchev–Trinajstić information content (AvgIpc) is 3.10. The molecule has 25 heavy (non-hydrogen) atoms. The SMILES string of the molecule is CC(=O)N1CCC(c2noc(CNS(=O)(=O)N3CCOCC3)n2)CC1. The Morgan fingerprint density at radius 2 is 1.92 bits per heavy atom. The predicted molar refractivity (Wildman–Crippen MR) is 86.7 cm³/mol. The number of likely N-dealkylation sites (tertiary alicyclic amines) is 1. The molecule has 10 nitrogen and oxygen atoms in total. The van der Waals surface area contributed by atoms with E-state index in [9.17, 15) is 13.2 Å². The number of carbonyl (C=O) groups is 1. The van der Waals surface area contributed by atoms with Crippen LogP contribution in [0.4, 0.5) is 0 Å². The molecule has 1 amide bonds. The summed E-state index contributed by atoms with van der Waals surface area (Å²) in [5.41, 5.74) is 0. The van der Waals surface area contributed by atoms with Gasteiger partial charge < -0.3 is 14.2 Å². The Hall–Kier alpha value is -1.56. The number of amides is 1. The van der Waals surface area contributed by atoms with E-state index in [4.69, 9.17) is 9.26 Å². The zero-order chi connectivity index (χ0) is 17.9. The van der Waals surface area contributed by atoms with Crippen molar-refractivity contribution in [2.24, 2.45) is 0 Å². The maximum absolute atomic E-state index is 12.2. The number of nitrogens with one attached hydrogen (secondary N) is 1. The number of hydrogen-bond acceptors (Lipinski definition) is 7. The van der Waals surface area contributed by atoms with Gasteiger partial charge in [0.15, 0.2) is 5.82 Å². The smallest absolute Gasteiger partial charge is 0.280 e. The molecule has 0 spiro atoms. The third-order valence-electron chi connectivity index (χ3n) is 4.50. The van der Waals surface area contributed by atoms with Gasteiger partial charge in [0.25, 0.3) is 10.2 Å². The second kappa shape index (κ2) is 7.77. The summed E-state index contributed by atoms with van der Waals surface area (Å²) in [5, 5.41) is 3.96. The lowest BCUT2D eigenvalue weighted by Gasteiger charge is -2.29. The number of morpholine rings is 1. The molecule has 1 aromatic rings. The van der Waals surface area contributed by atoms with E-state index in [1.54, 1.807) is 11.8 Å². The second-order valence-electron chi connectivity index (χ2n) is 6.16. The summed E-state index contributed by atoms with van der Waals surface area (Å²) in [7, 11) is -3.58. The van der Waals surface area contributed by atoms with Gasteiger partial charge >= 0.3 is 0 Å². The molecule has 2 aliphatic rings. The van der Waals surface area contributed by atoms with E-state index >= 15 is 0 Å². The van der Waals surface area contributed by atoms with Crippen LogP contribution in [0.5, 0.6) is 0 Å². The monoisotopic (exact) mass is 373 g/mol. The molecule has 3 rings (SSSR count). The molecular weight excluding hydrogens is 350 g/mol. The van der Waals surface area contributed by atoms with Crippen LogP contribution in [-0.2, 0) is 26.3 Å². The fourth-order valence-corrected chi connectivity index (χ4v) is 4.11. The van der Waals surface area contributed by atoms with Gasteiger partial charge in [-0.2, -0.15) is 22.4 Å². The molecule has 0 bridgehead atoms. The highest BCUT2D eigenvalue weighted by Crippen LogP contribution is 2.25. The quantitative estimate of drug-likeness (QED) is 0.736. The van der Waals surface area contributed by atoms with E-state index in [-0.39, 0.29) is 24.3 Å². The summed E-state index contributed by atoms with van der Waals surface area (Å²) >= 11 is 0. The van der Waals surface area contributed by atoms with E-state index in [0.29, 0.717) is 45.2 Å².